The van der Waals surface area contributed by atoms with Crippen molar-refractivity contribution in [2.45, 2.75) is 39.2 Å². The van der Waals surface area contributed by atoms with E-state index in [-0.39, 0.29) is 29.8 Å². The molecule has 1 aromatic carbocycles. The summed E-state index contributed by atoms with van der Waals surface area (Å²) in [7, 11) is 1.78. The van der Waals surface area contributed by atoms with Crippen LogP contribution in [0, 0.1) is 11.2 Å². The molecule has 5 heteroatoms. The molecule has 3 nitrogen and oxygen atoms in total. The van der Waals surface area contributed by atoms with Gasteiger partial charge in [0.25, 0.3) is 0 Å². The highest BCUT2D eigenvalue weighted by molar-refractivity contribution is 14.0. The Kier molecular flexibility index (Phi) is 7.42. The monoisotopic (exact) mass is 405 g/mol. The zero-order valence-electron chi connectivity index (χ0n) is 12.8. The minimum atomic E-state index is -0.203. The number of benzene rings is 1. The zero-order valence-corrected chi connectivity index (χ0v) is 15.1. The lowest BCUT2D eigenvalue weighted by atomic mass is 9.67. The van der Waals surface area contributed by atoms with E-state index in [9.17, 15) is 4.39 Å². The molecule has 0 heterocycles. The fraction of sp³-hybridized carbons (Fsp3) is 0.562. The van der Waals surface area contributed by atoms with Gasteiger partial charge < -0.3 is 10.6 Å². The van der Waals surface area contributed by atoms with Crippen molar-refractivity contribution in [2.24, 2.45) is 10.4 Å². The minimum absolute atomic E-state index is 0. The molecule has 0 aliphatic heterocycles. The topological polar surface area (TPSA) is 36.4 Å². The number of halogens is 2. The number of hydrogen-bond donors (Lipinski definition) is 2. The third kappa shape index (κ3) is 5.13. The summed E-state index contributed by atoms with van der Waals surface area (Å²) in [5, 5.41) is 6.68. The van der Waals surface area contributed by atoms with E-state index >= 15 is 0 Å². The maximum atomic E-state index is 12.8. The lowest BCUT2D eigenvalue weighted by Crippen LogP contribution is -2.46. The predicted molar refractivity (Wildman–Crippen MR) is 96.6 cm³/mol. The van der Waals surface area contributed by atoms with E-state index in [1.807, 2.05) is 0 Å². The van der Waals surface area contributed by atoms with Crippen molar-refractivity contribution >= 4 is 29.9 Å². The first-order chi connectivity index (χ1) is 9.67. The van der Waals surface area contributed by atoms with E-state index in [1.165, 1.54) is 37.8 Å². The fourth-order valence-corrected chi connectivity index (χ4v) is 2.61. The van der Waals surface area contributed by atoms with Gasteiger partial charge in [0.15, 0.2) is 5.96 Å². The summed E-state index contributed by atoms with van der Waals surface area (Å²) in [6.45, 7) is 3.89. The molecule has 1 aliphatic carbocycles. The zero-order chi connectivity index (χ0) is 14.4. The fourth-order valence-electron chi connectivity index (χ4n) is 2.61. The van der Waals surface area contributed by atoms with Crippen LogP contribution in [0.2, 0.25) is 0 Å². The van der Waals surface area contributed by atoms with Crippen molar-refractivity contribution in [3.05, 3.63) is 35.6 Å². The van der Waals surface area contributed by atoms with E-state index < -0.39 is 0 Å². The Morgan fingerprint density at radius 2 is 1.90 bits per heavy atom. The Labute approximate surface area is 143 Å². The van der Waals surface area contributed by atoms with Gasteiger partial charge in [0, 0.05) is 20.1 Å². The average molecular weight is 405 g/mol. The summed E-state index contributed by atoms with van der Waals surface area (Å²) in [5.41, 5.74) is 1.51. The lowest BCUT2D eigenvalue weighted by molar-refractivity contribution is 0.131. The number of nitrogens with zero attached hydrogens (tertiary/aromatic N) is 1. The van der Waals surface area contributed by atoms with Gasteiger partial charge >= 0.3 is 0 Å². The van der Waals surface area contributed by atoms with Crippen LogP contribution in [0.1, 0.15) is 38.2 Å². The summed E-state index contributed by atoms with van der Waals surface area (Å²) in [4.78, 5) is 4.24. The van der Waals surface area contributed by atoms with Crippen LogP contribution in [-0.4, -0.2) is 19.6 Å². The number of rotatable bonds is 5. The number of hydrogen-bond acceptors (Lipinski definition) is 1. The van der Waals surface area contributed by atoms with Crippen molar-refractivity contribution in [1.29, 1.82) is 0 Å². The molecule has 0 radical (unpaired) electrons. The van der Waals surface area contributed by atoms with Gasteiger partial charge in [-0.3, -0.25) is 4.99 Å². The molecule has 21 heavy (non-hydrogen) atoms. The lowest BCUT2D eigenvalue weighted by Gasteiger charge is -2.41. The summed E-state index contributed by atoms with van der Waals surface area (Å²) in [6.07, 6.45) is 5.18. The van der Waals surface area contributed by atoms with Crippen LogP contribution >= 0.6 is 24.0 Å². The highest BCUT2D eigenvalue weighted by Crippen LogP contribution is 2.42. The average Bonchev–Trinajstić information content (AvgIpc) is 2.43. The van der Waals surface area contributed by atoms with Crippen molar-refractivity contribution in [2.75, 3.05) is 13.6 Å². The first-order valence-electron chi connectivity index (χ1n) is 7.36. The predicted octanol–water partition coefficient (Wildman–Crippen LogP) is 3.69. The molecule has 0 bridgehead atoms. The molecule has 0 spiro atoms. The van der Waals surface area contributed by atoms with E-state index in [0.717, 1.165) is 18.1 Å². The number of nitrogens with one attached hydrogen (secondary N) is 2. The van der Waals surface area contributed by atoms with Gasteiger partial charge in [-0.2, -0.15) is 0 Å². The minimum Gasteiger partial charge on any atom is -0.356 e. The second kappa shape index (κ2) is 8.56. The molecular formula is C16H25FIN3. The first kappa shape index (κ1) is 18.2. The molecule has 2 rings (SSSR count). The Morgan fingerprint density at radius 3 is 2.38 bits per heavy atom. The Balaban J connectivity index is 0.00000220. The molecule has 0 atom stereocenters. The van der Waals surface area contributed by atoms with Crippen molar-refractivity contribution in [1.82, 2.24) is 10.6 Å². The maximum absolute atomic E-state index is 12.8. The summed E-state index contributed by atoms with van der Waals surface area (Å²) < 4.78 is 12.8. The smallest absolute Gasteiger partial charge is 0.191 e. The van der Waals surface area contributed by atoms with Crippen LogP contribution in [0.3, 0.4) is 0 Å². The molecule has 118 valence electrons. The van der Waals surface area contributed by atoms with E-state index in [2.05, 4.69) is 22.5 Å². The van der Waals surface area contributed by atoms with Crippen LogP contribution in [0.25, 0.3) is 0 Å². The van der Waals surface area contributed by atoms with Gasteiger partial charge in [0.2, 0.25) is 0 Å². The molecule has 0 amide bonds. The molecule has 2 N–H and O–H groups in total. The van der Waals surface area contributed by atoms with Crippen LogP contribution < -0.4 is 10.6 Å². The van der Waals surface area contributed by atoms with Crippen molar-refractivity contribution < 1.29 is 4.39 Å². The Hall–Kier alpha value is -0.850. The van der Waals surface area contributed by atoms with Gasteiger partial charge in [-0.15, -0.1) is 24.0 Å². The molecule has 1 aromatic rings. The summed E-state index contributed by atoms with van der Waals surface area (Å²) in [6, 6.07) is 6.53. The highest BCUT2D eigenvalue weighted by atomic mass is 127. The molecule has 0 unspecified atom stereocenters. The van der Waals surface area contributed by atoms with Crippen molar-refractivity contribution in [3.63, 3.8) is 0 Å². The van der Waals surface area contributed by atoms with Gasteiger partial charge in [0.1, 0.15) is 5.82 Å². The maximum Gasteiger partial charge on any atom is 0.191 e. The van der Waals surface area contributed by atoms with Crippen LogP contribution in [0.15, 0.2) is 29.3 Å². The van der Waals surface area contributed by atoms with E-state index in [4.69, 9.17) is 0 Å². The third-order valence-electron chi connectivity index (χ3n) is 4.39. The molecule has 1 saturated carbocycles. The van der Waals surface area contributed by atoms with E-state index in [1.54, 1.807) is 19.2 Å². The Morgan fingerprint density at radius 1 is 1.24 bits per heavy atom. The number of guanidine groups is 1. The molecule has 0 aromatic heterocycles. The van der Waals surface area contributed by atoms with Gasteiger partial charge in [-0.25, -0.2) is 4.39 Å². The summed E-state index contributed by atoms with van der Waals surface area (Å²) in [5.74, 6) is 0.611. The Bertz CT molecular complexity index is 450. The normalized spacial score (nSPS) is 16.6. The van der Waals surface area contributed by atoms with Gasteiger partial charge in [0.05, 0.1) is 0 Å². The number of aliphatic imine (C=N–C) groups is 1. The highest BCUT2D eigenvalue weighted by Gasteiger charge is 2.34. The first-order valence-corrected chi connectivity index (χ1v) is 7.36. The quantitative estimate of drug-likeness (QED) is 0.446. The van der Waals surface area contributed by atoms with Crippen LogP contribution in [0.4, 0.5) is 4.39 Å². The SMILES string of the molecule is CCC1(CNC(=NC)NCc2ccc(F)cc2)CCC1.I. The molecule has 0 saturated heterocycles. The molecule has 1 fully saturated rings. The van der Waals surface area contributed by atoms with Crippen LogP contribution in [-0.2, 0) is 6.54 Å². The van der Waals surface area contributed by atoms with Gasteiger partial charge in [-0.1, -0.05) is 25.5 Å². The largest absolute Gasteiger partial charge is 0.356 e. The van der Waals surface area contributed by atoms with E-state index in [0.29, 0.717) is 12.0 Å². The third-order valence-corrected chi connectivity index (χ3v) is 4.39. The molecular weight excluding hydrogens is 380 g/mol. The van der Waals surface area contributed by atoms with Gasteiger partial charge in [-0.05, 0) is 42.4 Å². The second-order valence-corrected chi connectivity index (χ2v) is 5.61. The van der Waals surface area contributed by atoms with Crippen LogP contribution in [0.5, 0.6) is 0 Å². The second-order valence-electron chi connectivity index (χ2n) is 5.61. The standard InChI is InChI=1S/C16H24FN3.HI/c1-3-16(9-4-10-16)12-20-15(18-2)19-11-13-5-7-14(17)8-6-13;/h5-8H,3-4,9-12H2,1-2H3,(H2,18,19,20);1H. The molecule has 1 aliphatic rings. The van der Waals surface area contributed by atoms with Crippen molar-refractivity contribution in [3.8, 4) is 0 Å². The summed E-state index contributed by atoms with van der Waals surface area (Å²) >= 11 is 0.